The standard InChI is InChI=1S/C17H15N3O4/c21-20(22)14-8-10-15(11-9-14)23-12-4-7-16-18-17(19-24-16)13-5-2-1-3-6-13/h1-3,5-6,8-11H,4,7,12H2. The van der Waals surface area contributed by atoms with Crippen LogP contribution in [0.4, 0.5) is 5.69 Å². The summed E-state index contributed by atoms with van der Waals surface area (Å²) in [5.41, 5.74) is 0.955. The minimum absolute atomic E-state index is 0.0432. The van der Waals surface area contributed by atoms with Gasteiger partial charge in [0.1, 0.15) is 5.75 Å². The van der Waals surface area contributed by atoms with Crippen molar-refractivity contribution in [2.45, 2.75) is 12.8 Å². The van der Waals surface area contributed by atoms with Gasteiger partial charge in [0.15, 0.2) is 0 Å². The summed E-state index contributed by atoms with van der Waals surface area (Å²) >= 11 is 0. The number of ether oxygens (including phenoxy) is 1. The van der Waals surface area contributed by atoms with E-state index in [1.54, 1.807) is 12.1 Å². The van der Waals surface area contributed by atoms with E-state index in [1.165, 1.54) is 12.1 Å². The van der Waals surface area contributed by atoms with Crippen molar-refractivity contribution in [3.63, 3.8) is 0 Å². The molecule has 3 rings (SSSR count). The van der Waals surface area contributed by atoms with Crippen molar-refractivity contribution in [2.75, 3.05) is 6.61 Å². The zero-order valence-corrected chi connectivity index (χ0v) is 12.8. The molecular weight excluding hydrogens is 310 g/mol. The Kier molecular flexibility index (Phi) is 4.81. The molecule has 0 atom stereocenters. The van der Waals surface area contributed by atoms with E-state index in [2.05, 4.69) is 10.1 Å². The first-order valence-corrected chi connectivity index (χ1v) is 7.47. The molecule has 0 N–H and O–H groups in total. The number of benzene rings is 2. The highest BCUT2D eigenvalue weighted by molar-refractivity contribution is 5.53. The lowest BCUT2D eigenvalue weighted by molar-refractivity contribution is -0.384. The van der Waals surface area contributed by atoms with Crippen LogP contribution in [0.25, 0.3) is 11.4 Å². The van der Waals surface area contributed by atoms with Crippen LogP contribution in [-0.2, 0) is 6.42 Å². The Morgan fingerprint density at radius 2 is 1.83 bits per heavy atom. The third kappa shape index (κ3) is 3.95. The zero-order valence-electron chi connectivity index (χ0n) is 12.8. The van der Waals surface area contributed by atoms with Crippen LogP contribution in [0, 0.1) is 10.1 Å². The molecule has 0 unspecified atom stereocenters. The van der Waals surface area contributed by atoms with Crippen molar-refractivity contribution in [1.82, 2.24) is 10.1 Å². The first-order chi connectivity index (χ1) is 11.7. The Balaban J connectivity index is 1.47. The molecule has 0 saturated carbocycles. The first kappa shape index (κ1) is 15.7. The van der Waals surface area contributed by atoms with Crippen LogP contribution in [0.1, 0.15) is 12.3 Å². The highest BCUT2D eigenvalue weighted by atomic mass is 16.6. The van der Waals surface area contributed by atoms with Gasteiger partial charge in [-0.25, -0.2) is 0 Å². The van der Waals surface area contributed by atoms with E-state index in [0.717, 1.165) is 5.56 Å². The van der Waals surface area contributed by atoms with Crippen molar-refractivity contribution in [1.29, 1.82) is 0 Å². The molecule has 0 aliphatic heterocycles. The topological polar surface area (TPSA) is 91.3 Å². The Bertz CT molecular complexity index is 800. The van der Waals surface area contributed by atoms with Crippen molar-refractivity contribution in [3.8, 4) is 17.1 Å². The number of hydrogen-bond acceptors (Lipinski definition) is 6. The van der Waals surface area contributed by atoms with Gasteiger partial charge in [-0.1, -0.05) is 35.5 Å². The fourth-order valence-electron chi connectivity index (χ4n) is 2.14. The molecule has 0 amide bonds. The van der Waals surface area contributed by atoms with Gasteiger partial charge >= 0.3 is 0 Å². The predicted molar refractivity (Wildman–Crippen MR) is 86.6 cm³/mol. The maximum absolute atomic E-state index is 10.6. The Hall–Kier alpha value is -3.22. The highest BCUT2D eigenvalue weighted by Crippen LogP contribution is 2.18. The average Bonchev–Trinajstić information content (AvgIpc) is 3.09. The molecule has 7 heteroatoms. The van der Waals surface area contributed by atoms with Gasteiger partial charge in [0, 0.05) is 24.1 Å². The van der Waals surface area contributed by atoms with Crippen LogP contribution in [0.5, 0.6) is 5.75 Å². The summed E-state index contributed by atoms with van der Waals surface area (Å²) in [4.78, 5) is 14.5. The number of nitrogens with zero attached hydrogens (tertiary/aromatic N) is 3. The maximum atomic E-state index is 10.6. The van der Waals surface area contributed by atoms with Gasteiger partial charge in [-0.3, -0.25) is 10.1 Å². The Labute approximate surface area is 138 Å². The van der Waals surface area contributed by atoms with Gasteiger partial charge in [-0.15, -0.1) is 0 Å². The molecule has 0 radical (unpaired) electrons. The number of nitro benzene ring substituents is 1. The molecule has 0 spiro atoms. The lowest BCUT2D eigenvalue weighted by Crippen LogP contribution is -1.99. The average molecular weight is 325 g/mol. The summed E-state index contributed by atoms with van der Waals surface area (Å²) < 4.78 is 10.8. The van der Waals surface area contributed by atoms with Gasteiger partial charge in [0.2, 0.25) is 11.7 Å². The summed E-state index contributed by atoms with van der Waals surface area (Å²) in [5.74, 6) is 1.72. The van der Waals surface area contributed by atoms with Crippen molar-refractivity contribution in [3.05, 3.63) is 70.6 Å². The number of hydrogen-bond donors (Lipinski definition) is 0. The molecule has 24 heavy (non-hydrogen) atoms. The van der Waals surface area contributed by atoms with Crippen molar-refractivity contribution >= 4 is 5.69 Å². The number of aromatic nitrogens is 2. The molecule has 1 aromatic heterocycles. The lowest BCUT2D eigenvalue weighted by atomic mass is 10.2. The van der Waals surface area contributed by atoms with E-state index < -0.39 is 4.92 Å². The van der Waals surface area contributed by atoms with E-state index >= 15 is 0 Å². The predicted octanol–water partition coefficient (Wildman–Crippen LogP) is 3.66. The largest absolute Gasteiger partial charge is 0.494 e. The van der Waals surface area contributed by atoms with E-state index in [-0.39, 0.29) is 5.69 Å². The fraction of sp³-hybridized carbons (Fsp3) is 0.176. The minimum atomic E-state index is -0.441. The summed E-state index contributed by atoms with van der Waals surface area (Å²) in [6, 6.07) is 15.6. The van der Waals surface area contributed by atoms with Crippen LogP contribution >= 0.6 is 0 Å². The van der Waals surface area contributed by atoms with Crippen molar-refractivity contribution < 1.29 is 14.2 Å². The monoisotopic (exact) mass is 325 g/mol. The fourth-order valence-corrected chi connectivity index (χ4v) is 2.14. The second kappa shape index (κ2) is 7.36. The third-order valence-corrected chi connectivity index (χ3v) is 3.35. The van der Waals surface area contributed by atoms with Gasteiger partial charge in [-0.05, 0) is 18.6 Å². The second-order valence-corrected chi connectivity index (χ2v) is 5.08. The summed E-state index contributed by atoms with van der Waals surface area (Å²) in [6.07, 6.45) is 1.31. The van der Waals surface area contributed by atoms with E-state index in [0.29, 0.717) is 36.9 Å². The van der Waals surface area contributed by atoms with Gasteiger partial charge in [0.25, 0.3) is 5.69 Å². The second-order valence-electron chi connectivity index (χ2n) is 5.08. The molecule has 0 saturated heterocycles. The van der Waals surface area contributed by atoms with Crippen LogP contribution in [0.3, 0.4) is 0 Å². The van der Waals surface area contributed by atoms with Crippen LogP contribution in [-0.4, -0.2) is 21.7 Å². The van der Waals surface area contributed by atoms with E-state index in [4.69, 9.17) is 9.26 Å². The first-order valence-electron chi connectivity index (χ1n) is 7.47. The molecule has 7 nitrogen and oxygen atoms in total. The van der Waals surface area contributed by atoms with Gasteiger partial charge in [0.05, 0.1) is 11.5 Å². The van der Waals surface area contributed by atoms with E-state index in [9.17, 15) is 10.1 Å². The van der Waals surface area contributed by atoms with Crippen LogP contribution in [0.2, 0.25) is 0 Å². The number of nitro groups is 1. The van der Waals surface area contributed by atoms with Crippen LogP contribution in [0.15, 0.2) is 59.1 Å². The molecule has 2 aromatic carbocycles. The highest BCUT2D eigenvalue weighted by Gasteiger charge is 2.08. The smallest absolute Gasteiger partial charge is 0.269 e. The van der Waals surface area contributed by atoms with Crippen molar-refractivity contribution in [2.24, 2.45) is 0 Å². The molecule has 0 aliphatic rings. The Morgan fingerprint density at radius 1 is 1.08 bits per heavy atom. The van der Waals surface area contributed by atoms with E-state index in [1.807, 2.05) is 30.3 Å². The molecular formula is C17H15N3O4. The molecule has 122 valence electrons. The summed E-state index contributed by atoms with van der Waals surface area (Å²) in [5, 5.41) is 14.5. The lowest BCUT2D eigenvalue weighted by Gasteiger charge is -2.04. The Morgan fingerprint density at radius 3 is 2.54 bits per heavy atom. The normalized spacial score (nSPS) is 10.5. The molecule has 1 heterocycles. The zero-order chi connectivity index (χ0) is 16.8. The molecule has 0 bridgehead atoms. The number of rotatable bonds is 7. The summed E-state index contributed by atoms with van der Waals surface area (Å²) in [6.45, 7) is 0.459. The molecule has 0 fully saturated rings. The van der Waals surface area contributed by atoms with Gasteiger partial charge < -0.3 is 9.26 Å². The maximum Gasteiger partial charge on any atom is 0.269 e. The van der Waals surface area contributed by atoms with Crippen LogP contribution < -0.4 is 4.74 Å². The number of aryl methyl sites for hydroxylation is 1. The quantitative estimate of drug-likeness (QED) is 0.374. The minimum Gasteiger partial charge on any atom is -0.494 e. The molecule has 3 aromatic rings. The molecule has 0 aliphatic carbocycles. The summed E-state index contributed by atoms with van der Waals surface area (Å²) in [7, 11) is 0. The third-order valence-electron chi connectivity index (χ3n) is 3.35. The SMILES string of the molecule is O=[N+]([O-])c1ccc(OCCCc2nc(-c3ccccc3)no2)cc1. The van der Waals surface area contributed by atoms with Gasteiger partial charge in [-0.2, -0.15) is 4.98 Å². The number of non-ortho nitro benzene ring substituents is 1.